The second-order valence-electron chi connectivity index (χ2n) is 6.05. The number of ether oxygens (including phenoxy) is 2. The largest absolute Gasteiger partial charge is 0.463 e. The average molecular weight is 374 g/mol. The lowest BCUT2D eigenvalue weighted by Crippen LogP contribution is -2.47. The second kappa shape index (κ2) is 9.42. The van der Waals surface area contributed by atoms with E-state index in [1.807, 2.05) is 6.07 Å². The van der Waals surface area contributed by atoms with Crippen LogP contribution in [0.25, 0.3) is 0 Å². The summed E-state index contributed by atoms with van der Waals surface area (Å²) in [5.74, 6) is -1.11. The van der Waals surface area contributed by atoms with E-state index in [4.69, 9.17) is 9.15 Å². The van der Waals surface area contributed by atoms with Crippen molar-refractivity contribution in [2.45, 2.75) is 26.5 Å². The average Bonchev–Trinajstić information content (AvgIpc) is 3.13. The van der Waals surface area contributed by atoms with Crippen LogP contribution in [-0.2, 0) is 20.9 Å². The molecule has 8 heteroatoms. The number of esters is 2. The van der Waals surface area contributed by atoms with Gasteiger partial charge in [-0.25, -0.2) is 14.4 Å². The van der Waals surface area contributed by atoms with Gasteiger partial charge in [-0.1, -0.05) is 32.0 Å². The highest BCUT2D eigenvalue weighted by atomic mass is 16.6. The number of methoxy groups -OCH3 is 1. The number of benzene rings is 1. The normalized spacial score (nSPS) is 11.6. The third-order valence-corrected chi connectivity index (χ3v) is 3.64. The van der Waals surface area contributed by atoms with E-state index >= 15 is 0 Å². The summed E-state index contributed by atoms with van der Waals surface area (Å²) in [6.45, 7) is 3.41. The molecule has 0 aliphatic rings. The van der Waals surface area contributed by atoms with Crippen LogP contribution in [0, 0.1) is 5.92 Å². The maximum absolute atomic E-state index is 12.3. The Morgan fingerprint density at radius 3 is 2.41 bits per heavy atom. The highest BCUT2D eigenvalue weighted by Crippen LogP contribution is 2.12. The molecule has 0 spiro atoms. The van der Waals surface area contributed by atoms with Gasteiger partial charge in [-0.2, -0.15) is 0 Å². The van der Waals surface area contributed by atoms with Gasteiger partial charge in [0.05, 0.1) is 7.11 Å². The summed E-state index contributed by atoms with van der Waals surface area (Å²) in [5.41, 5.74) is 0.608. The smallest absolute Gasteiger partial charge is 0.373 e. The predicted octanol–water partition coefficient (Wildman–Crippen LogP) is 2.96. The minimum absolute atomic E-state index is 0.0179. The summed E-state index contributed by atoms with van der Waals surface area (Å²) in [7, 11) is 1.24. The van der Waals surface area contributed by atoms with Gasteiger partial charge < -0.3 is 24.5 Å². The van der Waals surface area contributed by atoms with E-state index in [0.717, 1.165) is 0 Å². The molecule has 0 aliphatic carbocycles. The van der Waals surface area contributed by atoms with Crippen LogP contribution in [0.5, 0.6) is 0 Å². The fraction of sp³-hybridized carbons (Fsp3) is 0.316. The Hall–Kier alpha value is -3.29. The Labute approximate surface area is 156 Å². The van der Waals surface area contributed by atoms with E-state index in [1.165, 1.54) is 19.2 Å². The molecule has 1 aromatic heterocycles. The fourth-order valence-corrected chi connectivity index (χ4v) is 2.23. The first kappa shape index (κ1) is 20.0. The molecule has 0 radical (unpaired) electrons. The highest BCUT2D eigenvalue weighted by Gasteiger charge is 2.26. The summed E-state index contributed by atoms with van der Waals surface area (Å²) in [6.07, 6.45) is 0. The Kier molecular flexibility index (Phi) is 6.99. The quantitative estimate of drug-likeness (QED) is 0.722. The third kappa shape index (κ3) is 5.88. The van der Waals surface area contributed by atoms with Crippen LogP contribution in [0.1, 0.15) is 30.2 Å². The van der Waals surface area contributed by atoms with Crippen molar-refractivity contribution in [2.75, 3.05) is 12.4 Å². The molecule has 2 amide bonds. The number of amides is 2. The number of rotatable bonds is 7. The van der Waals surface area contributed by atoms with Crippen LogP contribution in [-0.4, -0.2) is 31.1 Å². The topological polar surface area (TPSA) is 107 Å². The SMILES string of the molecule is COC(=O)c1ccc(COC(=O)[C@@H](NC(=O)Nc2ccccc2)C(C)C)o1. The second-order valence-corrected chi connectivity index (χ2v) is 6.05. The number of carbonyl (C=O) groups excluding carboxylic acids is 3. The molecule has 2 aromatic rings. The number of urea groups is 1. The van der Waals surface area contributed by atoms with E-state index in [9.17, 15) is 14.4 Å². The lowest BCUT2D eigenvalue weighted by molar-refractivity contribution is -0.148. The van der Waals surface area contributed by atoms with E-state index in [2.05, 4.69) is 15.4 Å². The first-order chi connectivity index (χ1) is 12.9. The summed E-state index contributed by atoms with van der Waals surface area (Å²) >= 11 is 0. The van der Waals surface area contributed by atoms with Gasteiger partial charge in [0.25, 0.3) is 0 Å². The molecule has 2 rings (SSSR count). The molecule has 144 valence electrons. The van der Waals surface area contributed by atoms with Crippen molar-refractivity contribution >= 4 is 23.7 Å². The van der Waals surface area contributed by atoms with Gasteiger partial charge in [0.2, 0.25) is 5.76 Å². The van der Waals surface area contributed by atoms with Gasteiger partial charge in [-0.05, 0) is 30.2 Å². The molecule has 2 N–H and O–H groups in total. The zero-order chi connectivity index (χ0) is 19.8. The molecular formula is C19H22N2O6. The number of nitrogens with one attached hydrogen (secondary N) is 2. The Morgan fingerprint density at radius 1 is 1.07 bits per heavy atom. The number of furan rings is 1. The first-order valence-electron chi connectivity index (χ1n) is 8.37. The molecule has 0 saturated carbocycles. The summed E-state index contributed by atoms with van der Waals surface area (Å²) < 4.78 is 15.0. The summed E-state index contributed by atoms with van der Waals surface area (Å²) in [5, 5.41) is 5.25. The van der Waals surface area contributed by atoms with E-state index in [1.54, 1.807) is 38.1 Å². The van der Waals surface area contributed by atoms with Crippen LogP contribution in [0.2, 0.25) is 0 Å². The molecule has 0 fully saturated rings. The monoisotopic (exact) mass is 374 g/mol. The van der Waals surface area contributed by atoms with E-state index in [0.29, 0.717) is 11.4 Å². The standard InChI is InChI=1S/C19H22N2O6/c1-12(2)16(21-19(24)20-13-7-5-4-6-8-13)18(23)26-11-14-9-10-15(27-14)17(22)25-3/h4-10,12,16H,11H2,1-3H3,(H2,20,21,24)/t16-/m0/s1. The number of anilines is 1. The zero-order valence-corrected chi connectivity index (χ0v) is 15.4. The Morgan fingerprint density at radius 2 is 1.78 bits per heavy atom. The minimum atomic E-state index is -0.844. The first-order valence-corrected chi connectivity index (χ1v) is 8.37. The molecule has 0 bridgehead atoms. The molecule has 1 atom stereocenters. The van der Waals surface area contributed by atoms with Crippen molar-refractivity contribution in [3.05, 3.63) is 54.0 Å². The molecular weight excluding hydrogens is 352 g/mol. The van der Waals surface area contributed by atoms with Gasteiger partial charge in [0, 0.05) is 5.69 Å². The number of hydrogen-bond donors (Lipinski definition) is 2. The predicted molar refractivity (Wildman–Crippen MR) is 97.1 cm³/mol. The summed E-state index contributed by atoms with van der Waals surface area (Å²) in [6, 6.07) is 10.5. The maximum atomic E-state index is 12.3. The minimum Gasteiger partial charge on any atom is -0.463 e. The molecule has 0 aliphatic heterocycles. The lowest BCUT2D eigenvalue weighted by atomic mass is 10.1. The number of para-hydroxylation sites is 1. The van der Waals surface area contributed by atoms with Gasteiger partial charge in [0.15, 0.2) is 0 Å². The maximum Gasteiger partial charge on any atom is 0.373 e. The Bertz CT molecular complexity index is 785. The van der Waals surface area contributed by atoms with Crippen LogP contribution in [0.4, 0.5) is 10.5 Å². The van der Waals surface area contributed by atoms with Crippen molar-refractivity contribution < 1.29 is 28.3 Å². The van der Waals surface area contributed by atoms with Crippen molar-refractivity contribution in [1.82, 2.24) is 5.32 Å². The Balaban J connectivity index is 1.91. The fourth-order valence-electron chi connectivity index (χ4n) is 2.23. The van der Waals surface area contributed by atoms with Crippen molar-refractivity contribution in [2.24, 2.45) is 5.92 Å². The molecule has 0 unspecified atom stereocenters. The van der Waals surface area contributed by atoms with E-state index < -0.39 is 24.0 Å². The third-order valence-electron chi connectivity index (χ3n) is 3.64. The molecule has 8 nitrogen and oxygen atoms in total. The highest BCUT2D eigenvalue weighted by molar-refractivity contribution is 5.92. The van der Waals surface area contributed by atoms with Crippen molar-refractivity contribution in [3.63, 3.8) is 0 Å². The van der Waals surface area contributed by atoms with Gasteiger partial charge in [0.1, 0.15) is 18.4 Å². The van der Waals surface area contributed by atoms with Gasteiger partial charge >= 0.3 is 18.0 Å². The molecule has 1 aromatic carbocycles. The summed E-state index contributed by atoms with van der Waals surface area (Å²) in [4.78, 5) is 35.8. The number of hydrogen-bond acceptors (Lipinski definition) is 6. The van der Waals surface area contributed by atoms with Crippen molar-refractivity contribution in [1.29, 1.82) is 0 Å². The molecule has 1 heterocycles. The van der Waals surface area contributed by atoms with Gasteiger partial charge in [-0.15, -0.1) is 0 Å². The van der Waals surface area contributed by atoms with Crippen LogP contribution in [0.3, 0.4) is 0 Å². The van der Waals surface area contributed by atoms with Crippen LogP contribution >= 0.6 is 0 Å². The van der Waals surface area contributed by atoms with Gasteiger partial charge in [-0.3, -0.25) is 0 Å². The molecule has 0 saturated heterocycles. The van der Waals surface area contributed by atoms with Crippen LogP contribution < -0.4 is 10.6 Å². The zero-order valence-electron chi connectivity index (χ0n) is 15.4. The number of carbonyl (C=O) groups is 3. The van der Waals surface area contributed by atoms with E-state index in [-0.39, 0.29) is 18.3 Å². The van der Waals surface area contributed by atoms with Crippen LogP contribution in [0.15, 0.2) is 46.9 Å². The molecule has 27 heavy (non-hydrogen) atoms. The lowest BCUT2D eigenvalue weighted by Gasteiger charge is -2.20. The van der Waals surface area contributed by atoms with Crippen molar-refractivity contribution in [3.8, 4) is 0 Å².